The Morgan fingerprint density at radius 2 is 2.27 bits per heavy atom. The molecule has 0 fully saturated rings. The van der Waals surface area contributed by atoms with Gasteiger partial charge in [0.1, 0.15) is 11.2 Å². The Morgan fingerprint density at radius 1 is 1.53 bits per heavy atom. The lowest BCUT2D eigenvalue weighted by atomic mass is 9.93. The first kappa shape index (κ1) is 11.9. The van der Waals surface area contributed by atoms with E-state index in [1.54, 1.807) is 6.07 Å². The fraction of sp³-hybridized carbons (Fsp3) is 0.417. The zero-order valence-corrected chi connectivity index (χ0v) is 9.84. The highest BCUT2D eigenvalue weighted by atomic mass is 32.2. The van der Waals surface area contributed by atoms with Crippen LogP contribution in [0.3, 0.4) is 0 Å². The van der Waals surface area contributed by atoms with Crippen molar-refractivity contribution in [1.82, 2.24) is 0 Å². The van der Waals surface area contributed by atoms with E-state index in [-0.39, 0.29) is 0 Å². The molecule has 1 N–H and O–H groups in total. The van der Waals surface area contributed by atoms with Crippen molar-refractivity contribution < 1.29 is 5.11 Å². The molecule has 1 atom stereocenters. The van der Waals surface area contributed by atoms with Crippen LogP contribution in [-0.4, -0.2) is 10.9 Å². The number of aromatic hydroxyl groups is 1. The highest BCUT2D eigenvalue weighted by molar-refractivity contribution is 8.03. The predicted octanol–water partition coefficient (Wildman–Crippen LogP) is 3.41. The van der Waals surface area contributed by atoms with E-state index in [9.17, 15) is 5.11 Å². The molecule has 0 aliphatic heterocycles. The second kappa shape index (κ2) is 5.67. The minimum atomic E-state index is 0.298. The van der Waals surface area contributed by atoms with Crippen LogP contribution in [0.15, 0.2) is 18.2 Å². The number of benzene rings is 1. The molecule has 0 amide bonds. The minimum Gasteiger partial charge on any atom is -0.508 e. The molecular formula is C12H15NOS. The van der Waals surface area contributed by atoms with Crippen molar-refractivity contribution >= 4 is 11.8 Å². The van der Waals surface area contributed by atoms with Crippen molar-refractivity contribution in [3.8, 4) is 11.2 Å². The number of hydrogen-bond acceptors (Lipinski definition) is 3. The average molecular weight is 221 g/mol. The normalized spacial score (nSPS) is 12.1. The first-order chi connectivity index (χ1) is 7.16. The molecule has 0 aromatic heterocycles. The fourth-order valence-corrected chi connectivity index (χ4v) is 2.29. The molecule has 0 saturated heterocycles. The molecule has 1 rings (SSSR count). The zero-order chi connectivity index (χ0) is 11.3. The van der Waals surface area contributed by atoms with E-state index in [0.717, 1.165) is 23.3 Å². The van der Waals surface area contributed by atoms with Gasteiger partial charge in [-0.2, -0.15) is 5.26 Å². The van der Waals surface area contributed by atoms with Gasteiger partial charge in [0.15, 0.2) is 0 Å². The highest BCUT2D eigenvalue weighted by Gasteiger charge is 2.12. The summed E-state index contributed by atoms with van der Waals surface area (Å²) in [4.78, 5) is 0. The monoisotopic (exact) mass is 221 g/mol. The second-order valence-electron chi connectivity index (χ2n) is 3.64. The lowest BCUT2D eigenvalue weighted by molar-refractivity contribution is 0.461. The molecule has 1 unspecified atom stereocenters. The van der Waals surface area contributed by atoms with Crippen LogP contribution >= 0.6 is 11.8 Å². The molecular weight excluding hydrogens is 206 g/mol. The molecule has 15 heavy (non-hydrogen) atoms. The van der Waals surface area contributed by atoms with Gasteiger partial charge >= 0.3 is 0 Å². The summed E-state index contributed by atoms with van der Waals surface area (Å²) in [5, 5.41) is 20.2. The quantitative estimate of drug-likeness (QED) is 0.626. The summed E-state index contributed by atoms with van der Waals surface area (Å²) >= 11 is 1.27. The minimum absolute atomic E-state index is 0.298. The molecule has 0 aliphatic carbocycles. The number of rotatable bonds is 4. The van der Waals surface area contributed by atoms with Gasteiger partial charge in [-0.3, -0.25) is 0 Å². The summed E-state index contributed by atoms with van der Waals surface area (Å²) in [5.41, 5.74) is 2.13. The van der Waals surface area contributed by atoms with Gasteiger partial charge in [0.25, 0.3) is 0 Å². The van der Waals surface area contributed by atoms with Crippen LogP contribution < -0.4 is 0 Å². The number of nitrogens with zero attached hydrogens (tertiary/aromatic N) is 1. The molecule has 0 radical (unpaired) electrons. The molecule has 2 nitrogen and oxygen atoms in total. The van der Waals surface area contributed by atoms with Gasteiger partial charge in [-0.25, -0.2) is 0 Å². The zero-order valence-electron chi connectivity index (χ0n) is 9.03. The third-order valence-corrected chi connectivity index (χ3v) is 3.08. The second-order valence-corrected chi connectivity index (χ2v) is 4.52. The number of nitriles is 1. The van der Waals surface area contributed by atoms with Gasteiger partial charge in [0.05, 0.1) is 0 Å². The number of phenols is 1. The van der Waals surface area contributed by atoms with Crippen molar-refractivity contribution in [3.05, 3.63) is 29.3 Å². The van der Waals surface area contributed by atoms with Crippen LogP contribution in [0.25, 0.3) is 0 Å². The highest BCUT2D eigenvalue weighted by Crippen LogP contribution is 2.31. The molecule has 0 saturated carbocycles. The fourth-order valence-electron chi connectivity index (χ4n) is 1.73. The number of hydrogen-bond donors (Lipinski definition) is 1. The smallest absolute Gasteiger partial charge is 0.133 e. The molecule has 80 valence electrons. The van der Waals surface area contributed by atoms with Gasteiger partial charge in [-0.1, -0.05) is 19.1 Å². The van der Waals surface area contributed by atoms with E-state index in [0.29, 0.717) is 11.7 Å². The topological polar surface area (TPSA) is 44.0 Å². The van der Waals surface area contributed by atoms with Crippen LogP contribution in [0.4, 0.5) is 0 Å². The largest absolute Gasteiger partial charge is 0.508 e. The summed E-state index contributed by atoms with van der Waals surface area (Å²) in [6.07, 6.45) is 0.913. The first-order valence-corrected chi connectivity index (χ1v) is 5.94. The summed E-state index contributed by atoms with van der Waals surface area (Å²) in [5.74, 6) is 1.47. The van der Waals surface area contributed by atoms with E-state index >= 15 is 0 Å². The SMILES string of the molecule is Cc1cccc(O)c1C(C)CCSC#N. The lowest BCUT2D eigenvalue weighted by Gasteiger charge is -2.15. The van der Waals surface area contributed by atoms with Gasteiger partial charge in [-0.05, 0) is 48.2 Å². The third kappa shape index (κ3) is 3.17. The first-order valence-electron chi connectivity index (χ1n) is 4.96. The van der Waals surface area contributed by atoms with E-state index in [1.807, 2.05) is 19.1 Å². The molecule has 1 aromatic rings. The number of phenolic OH excluding ortho intramolecular Hbond substituents is 1. The summed E-state index contributed by atoms with van der Waals surface area (Å²) in [6.45, 7) is 4.09. The lowest BCUT2D eigenvalue weighted by Crippen LogP contribution is -1.98. The van der Waals surface area contributed by atoms with Gasteiger partial charge in [0.2, 0.25) is 0 Å². The number of thiocyanates is 1. The van der Waals surface area contributed by atoms with Crippen molar-refractivity contribution in [1.29, 1.82) is 5.26 Å². The van der Waals surface area contributed by atoms with E-state index in [2.05, 4.69) is 12.3 Å². The predicted molar refractivity (Wildman–Crippen MR) is 63.9 cm³/mol. The molecule has 0 spiro atoms. The van der Waals surface area contributed by atoms with Crippen molar-refractivity contribution in [2.24, 2.45) is 0 Å². The van der Waals surface area contributed by atoms with Crippen LogP contribution in [-0.2, 0) is 0 Å². The van der Waals surface area contributed by atoms with Crippen LogP contribution in [0.1, 0.15) is 30.4 Å². The standard InChI is InChI=1S/C12H15NOS/c1-9-4-3-5-11(14)12(9)10(2)6-7-15-8-13/h3-5,10,14H,6-7H2,1-2H3. The van der Waals surface area contributed by atoms with Crippen LogP contribution in [0, 0.1) is 17.6 Å². The molecule has 0 heterocycles. The van der Waals surface area contributed by atoms with E-state index < -0.39 is 0 Å². The Kier molecular flexibility index (Phi) is 4.51. The van der Waals surface area contributed by atoms with Crippen molar-refractivity contribution in [2.75, 3.05) is 5.75 Å². The third-order valence-electron chi connectivity index (χ3n) is 2.51. The Labute approximate surface area is 94.9 Å². The van der Waals surface area contributed by atoms with Crippen molar-refractivity contribution in [3.63, 3.8) is 0 Å². The van der Waals surface area contributed by atoms with Gasteiger partial charge < -0.3 is 5.11 Å². The van der Waals surface area contributed by atoms with Crippen LogP contribution in [0.2, 0.25) is 0 Å². The van der Waals surface area contributed by atoms with Gasteiger partial charge in [0, 0.05) is 5.75 Å². The van der Waals surface area contributed by atoms with E-state index in [4.69, 9.17) is 5.26 Å². The summed E-state index contributed by atoms with van der Waals surface area (Å²) < 4.78 is 0. The molecule has 0 aliphatic rings. The van der Waals surface area contributed by atoms with Gasteiger partial charge in [-0.15, -0.1) is 0 Å². The maximum atomic E-state index is 9.75. The summed E-state index contributed by atoms with van der Waals surface area (Å²) in [7, 11) is 0. The van der Waals surface area contributed by atoms with Crippen LogP contribution in [0.5, 0.6) is 5.75 Å². The molecule has 0 bridgehead atoms. The Morgan fingerprint density at radius 3 is 2.87 bits per heavy atom. The Hall–Kier alpha value is -1.14. The maximum absolute atomic E-state index is 9.75. The number of thioether (sulfide) groups is 1. The summed E-state index contributed by atoms with van der Waals surface area (Å²) in [6, 6.07) is 5.57. The molecule has 3 heteroatoms. The van der Waals surface area contributed by atoms with E-state index in [1.165, 1.54) is 11.8 Å². The Bertz CT molecular complexity index is 350. The average Bonchev–Trinajstić information content (AvgIpc) is 2.18. The Balaban J connectivity index is 2.73. The molecule has 1 aromatic carbocycles. The maximum Gasteiger partial charge on any atom is 0.133 e. The van der Waals surface area contributed by atoms with Crippen molar-refractivity contribution in [2.45, 2.75) is 26.2 Å². The number of aryl methyl sites for hydroxylation is 1.